The van der Waals surface area contributed by atoms with Crippen LogP contribution in [0, 0.1) is 0 Å². The third-order valence-corrected chi connectivity index (χ3v) is 13.0. The lowest BCUT2D eigenvalue weighted by molar-refractivity contribution is -0.107. The Morgan fingerprint density at radius 1 is 1.04 bits per heavy atom. The van der Waals surface area contributed by atoms with Gasteiger partial charge in [-0.05, 0) is 48.1 Å². The van der Waals surface area contributed by atoms with E-state index < -0.39 is 8.07 Å². The predicted molar refractivity (Wildman–Crippen MR) is 125 cm³/mol. The summed E-state index contributed by atoms with van der Waals surface area (Å²) in [4.78, 5) is 13.3. The third-order valence-electron chi connectivity index (χ3n) is 6.42. The number of para-hydroxylation sites is 1. The molecule has 0 fully saturated rings. The van der Waals surface area contributed by atoms with E-state index in [-0.39, 0.29) is 0 Å². The number of aryl methyl sites for hydroxylation is 1. The van der Waals surface area contributed by atoms with Gasteiger partial charge < -0.3 is 10.1 Å². The normalized spacial score (nSPS) is 13.5. The molecule has 4 heteroatoms. The van der Waals surface area contributed by atoms with Crippen molar-refractivity contribution >= 4 is 42.7 Å². The third kappa shape index (κ3) is 4.38. The second kappa shape index (κ2) is 8.46. The van der Waals surface area contributed by atoms with Gasteiger partial charge in [0.25, 0.3) is 0 Å². The number of hydrogen-bond donors (Lipinski definition) is 1. The van der Waals surface area contributed by atoms with Crippen LogP contribution in [0.25, 0.3) is 0 Å². The molecule has 0 unspecified atom stereocenters. The number of rotatable bonds is 7. The van der Waals surface area contributed by atoms with E-state index in [1.54, 1.807) is 5.19 Å². The van der Waals surface area contributed by atoms with Crippen molar-refractivity contribution in [3.05, 3.63) is 42.0 Å². The SMILES string of the molecule is CC(C)(C)[Si](C)(C)c1cc(CCCCCC=O)c2c(c1)Sc1ccccc1N2. The molecule has 0 aliphatic carbocycles. The number of nitrogens with one attached hydrogen (secondary N) is 1. The van der Waals surface area contributed by atoms with Crippen molar-refractivity contribution < 1.29 is 4.79 Å². The van der Waals surface area contributed by atoms with Gasteiger partial charge >= 0.3 is 0 Å². The second-order valence-corrected chi connectivity index (χ2v) is 15.8. The van der Waals surface area contributed by atoms with Crippen LogP contribution >= 0.6 is 11.8 Å². The van der Waals surface area contributed by atoms with Crippen LogP contribution in [0.2, 0.25) is 18.1 Å². The molecule has 0 atom stereocenters. The van der Waals surface area contributed by atoms with Crippen LogP contribution in [-0.2, 0) is 11.2 Å². The zero-order valence-corrected chi connectivity index (χ0v) is 19.7. The Labute approximate surface area is 175 Å². The van der Waals surface area contributed by atoms with E-state index in [9.17, 15) is 4.79 Å². The summed E-state index contributed by atoms with van der Waals surface area (Å²) in [5.41, 5.74) is 3.94. The van der Waals surface area contributed by atoms with Gasteiger partial charge in [0.1, 0.15) is 6.29 Å². The molecule has 28 heavy (non-hydrogen) atoms. The molecular formula is C24H33NOSSi. The molecule has 1 heterocycles. The Balaban J connectivity index is 1.97. The quantitative estimate of drug-likeness (QED) is 0.260. The van der Waals surface area contributed by atoms with E-state index in [2.05, 4.69) is 75.6 Å². The fourth-order valence-corrected chi connectivity index (χ4v) is 6.61. The van der Waals surface area contributed by atoms with Gasteiger partial charge in [-0.2, -0.15) is 0 Å². The van der Waals surface area contributed by atoms with Crippen LogP contribution in [0.1, 0.15) is 52.0 Å². The van der Waals surface area contributed by atoms with Gasteiger partial charge in [-0.15, -0.1) is 0 Å². The molecule has 0 amide bonds. The van der Waals surface area contributed by atoms with E-state index in [4.69, 9.17) is 0 Å². The first-order chi connectivity index (χ1) is 13.2. The highest BCUT2D eigenvalue weighted by atomic mass is 32.2. The molecule has 2 nitrogen and oxygen atoms in total. The fourth-order valence-electron chi connectivity index (χ4n) is 3.52. The molecule has 2 aromatic carbocycles. The monoisotopic (exact) mass is 411 g/mol. The molecule has 0 saturated carbocycles. The molecule has 2 aromatic rings. The topological polar surface area (TPSA) is 29.1 Å². The first-order valence-corrected chi connectivity index (χ1v) is 14.2. The Morgan fingerprint density at radius 2 is 1.79 bits per heavy atom. The van der Waals surface area contributed by atoms with Crippen molar-refractivity contribution in [3.8, 4) is 0 Å². The number of aldehydes is 1. The zero-order chi connectivity index (χ0) is 20.4. The predicted octanol–water partition coefficient (Wildman–Crippen LogP) is 6.91. The zero-order valence-electron chi connectivity index (χ0n) is 17.9. The van der Waals surface area contributed by atoms with Crippen molar-refractivity contribution in [2.75, 3.05) is 5.32 Å². The average Bonchev–Trinajstić information content (AvgIpc) is 2.65. The molecule has 1 aliphatic rings. The maximum Gasteiger partial charge on any atom is 0.119 e. The fraction of sp³-hybridized carbons (Fsp3) is 0.458. The standard InChI is InChI=1S/C24H33NOSSi/c1-24(2,3)28(4,5)19-16-18(12-8-6-7-11-15-26)23-22(17-19)27-21-14-10-9-13-20(21)25-23/h9-10,13-17,25H,6-8,11-12H2,1-5H3. The van der Waals surface area contributed by atoms with E-state index in [1.165, 1.54) is 26.7 Å². The summed E-state index contributed by atoms with van der Waals surface area (Å²) in [7, 11) is -1.61. The number of benzene rings is 2. The number of carbonyl (C=O) groups is 1. The number of unbranched alkanes of at least 4 members (excludes halogenated alkanes) is 3. The van der Waals surface area contributed by atoms with E-state index in [0.717, 1.165) is 32.0 Å². The lowest BCUT2D eigenvalue weighted by Gasteiger charge is -2.38. The molecule has 0 saturated heterocycles. The summed E-state index contributed by atoms with van der Waals surface area (Å²) >= 11 is 1.90. The lowest BCUT2D eigenvalue weighted by Crippen LogP contribution is -2.49. The minimum Gasteiger partial charge on any atom is -0.353 e. The summed E-state index contributed by atoms with van der Waals surface area (Å²) in [6.07, 6.45) is 6.04. The molecular weight excluding hydrogens is 378 g/mol. The Hall–Kier alpha value is -1.52. The summed E-state index contributed by atoms with van der Waals surface area (Å²) in [5, 5.41) is 5.58. The van der Waals surface area contributed by atoms with Gasteiger partial charge in [-0.25, -0.2) is 0 Å². The summed E-state index contributed by atoms with van der Waals surface area (Å²) < 4.78 is 0. The van der Waals surface area contributed by atoms with Crippen LogP contribution in [-0.4, -0.2) is 14.4 Å². The van der Waals surface area contributed by atoms with Crippen LogP contribution < -0.4 is 10.5 Å². The molecule has 0 aromatic heterocycles. The van der Waals surface area contributed by atoms with Crippen molar-refractivity contribution in [3.63, 3.8) is 0 Å². The van der Waals surface area contributed by atoms with Crippen LogP contribution in [0.5, 0.6) is 0 Å². The lowest BCUT2D eigenvalue weighted by atomic mass is 10.0. The van der Waals surface area contributed by atoms with E-state index in [1.807, 2.05) is 11.8 Å². The highest BCUT2D eigenvalue weighted by Crippen LogP contribution is 2.46. The molecule has 150 valence electrons. The Kier molecular flexibility index (Phi) is 6.40. The van der Waals surface area contributed by atoms with Crippen molar-refractivity contribution in [2.45, 2.75) is 80.8 Å². The Bertz CT molecular complexity index is 854. The minimum atomic E-state index is -1.61. The van der Waals surface area contributed by atoms with E-state index >= 15 is 0 Å². The van der Waals surface area contributed by atoms with E-state index in [0.29, 0.717) is 11.5 Å². The minimum absolute atomic E-state index is 0.313. The number of fused-ring (bicyclic) bond motifs is 2. The van der Waals surface area contributed by atoms with Gasteiger partial charge in [-0.3, -0.25) is 0 Å². The van der Waals surface area contributed by atoms with Crippen molar-refractivity contribution in [1.82, 2.24) is 0 Å². The molecule has 1 aliphatic heterocycles. The molecule has 0 spiro atoms. The van der Waals surface area contributed by atoms with Crippen LogP contribution in [0.15, 0.2) is 46.2 Å². The smallest absolute Gasteiger partial charge is 0.119 e. The van der Waals surface area contributed by atoms with Gasteiger partial charge in [0, 0.05) is 16.2 Å². The molecule has 0 radical (unpaired) electrons. The van der Waals surface area contributed by atoms with Gasteiger partial charge in [-0.1, -0.05) is 75.4 Å². The Morgan fingerprint density at radius 3 is 2.50 bits per heavy atom. The second-order valence-electron chi connectivity index (χ2n) is 9.37. The highest BCUT2D eigenvalue weighted by molar-refractivity contribution is 7.99. The molecule has 1 N–H and O–H groups in total. The first-order valence-electron chi connectivity index (χ1n) is 10.4. The van der Waals surface area contributed by atoms with Gasteiger partial charge in [0.05, 0.1) is 19.4 Å². The summed E-state index contributed by atoms with van der Waals surface area (Å²) in [6, 6.07) is 13.5. The van der Waals surface area contributed by atoms with Crippen molar-refractivity contribution in [1.29, 1.82) is 0 Å². The average molecular weight is 412 g/mol. The number of hydrogen-bond acceptors (Lipinski definition) is 3. The largest absolute Gasteiger partial charge is 0.353 e. The molecule has 3 rings (SSSR count). The van der Waals surface area contributed by atoms with Crippen LogP contribution in [0.3, 0.4) is 0 Å². The van der Waals surface area contributed by atoms with Crippen LogP contribution in [0.4, 0.5) is 11.4 Å². The summed E-state index contributed by atoms with van der Waals surface area (Å²) in [6.45, 7) is 12.2. The maximum absolute atomic E-state index is 10.6. The molecule has 0 bridgehead atoms. The van der Waals surface area contributed by atoms with Gasteiger partial charge in [0.2, 0.25) is 0 Å². The highest BCUT2D eigenvalue weighted by Gasteiger charge is 2.37. The van der Waals surface area contributed by atoms with Crippen molar-refractivity contribution in [2.24, 2.45) is 0 Å². The first kappa shape index (κ1) is 21.2. The van der Waals surface area contributed by atoms with Gasteiger partial charge in [0.15, 0.2) is 0 Å². The maximum atomic E-state index is 10.6. The number of anilines is 2. The summed E-state index contributed by atoms with van der Waals surface area (Å²) in [5.74, 6) is 0. The number of carbonyl (C=O) groups excluding carboxylic acids is 1.